The number of carbonyl (C=O) groups is 1. The molecule has 2 aromatic heterocycles. The summed E-state index contributed by atoms with van der Waals surface area (Å²) in [6.45, 7) is 4.32. The highest BCUT2D eigenvalue weighted by Gasteiger charge is 2.32. The van der Waals surface area contributed by atoms with Gasteiger partial charge < -0.3 is 14.3 Å². The number of methoxy groups -OCH3 is 1. The van der Waals surface area contributed by atoms with Crippen LogP contribution in [0, 0.1) is 11.8 Å². The maximum Gasteiger partial charge on any atom is 0.308 e. The van der Waals surface area contributed by atoms with Gasteiger partial charge in [-0.3, -0.25) is 4.79 Å². The van der Waals surface area contributed by atoms with E-state index in [9.17, 15) is 4.79 Å². The van der Waals surface area contributed by atoms with Gasteiger partial charge in [-0.25, -0.2) is 0 Å². The number of fused-ring (bicyclic) bond motifs is 4. The first-order chi connectivity index (χ1) is 15.1. The van der Waals surface area contributed by atoms with Crippen molar-refractivity contribution in [2.45, 2.75) is 45.6 Å². The zero-order valence-electron chi connectivity index (χ0n) is 18.5. The van der Waals surface area contributed by atoms with Crippen LogP contribution in [-0.2, 0) is 22.4 Å². The molecule has 4 nitrogen and oxygen atoms in total. The molecule has 0 amide bonds. The third-order valence-corrected chi connectivity index (χ3v) is 7.10. The van der Waals surface area contributed by atoms with E-state index >= 15 is 0 Å². The van der Waals surface area contributed by atoms with E-state index in [2.05, 4.69) is 71.2 Å². The fourth-order valence-electron chi connectivity index (χ4n) is 5.37. The van der Waals surface area contributed by atoms with E-state index in [-0.39, 0.29) is 17.9 Å². The van der Waals surface area contributed by atoms with E-state index in [1.54, 1.807) is 0 Å². The number of aromatic amines is 1. The molecule has 0 radical (unpaired) electrons. The number of nitrogens with one attached hydrogen (secondary N) is 1. The van der Waals surface area contributed by atoms with Gasteiger partial charge in [0.1, 0.15) is 0 Å². The maximum absolute atomic E-state index is 11.9. The number of rotatable bonds is 5. The van der Waals surface area contributed by atoms with Crippen LogP contribution >= 0.6 is 0 Å². The fraction of sp³-hybridized carbons (Fsp3) is 0.370. The summed E-state index contributed by atoms with van der Waals surface area (Å²) in [4.78, 5) is 15.6. The minimum Gasteiger partial charge on any atom is -0.469 e. The Kier molecular flexibility index (Phi) is 5.09. The number of benzene rings is 2. The second-order valence-electron chi connectivity index (χ2n) is 9.07. The molecule has 2 aromatic carbocycles. The average Bonchev–Trinajstić information content (AvgIpc) is 3.35. The Hall–Kier alpha value is -3.01. The lowest BCUT2D eigenvalue weighted by Crippen LogP contribution is -2.24. The van der Waals surface area contributed by atoms with Gasteiger partial charge in [-0.1, -0.05) is 50.2 Å². The molecule has 0 saturated carbocycles. The number of para-hydroxylation sites is 2. The van der Waals surface area contributed by atoms with Crippen LogP contribution in [-0.4, -0.2) is 22.6 Å². The van der Waals surface area contributed by atoms with Crippen molar-refractivity contribution in [2.24, 2.45) is 11.8 Å². The number of ether oxygens (including phenoxy) is 1. The average molecular weight is 415 g/mol. The summed E-state index contributed by atoms with van der Waals surface area (Å²) in [6, 6.07) is 17.6. The number of carbonyl (C=O) groups excluding carboxylic acids is 1. The van der Waals surface area contributed by atoms with E-state index in [1.165, 1.54) is 52.2 Å². The van der Waals surface area contributed by atoms with E-state index in [0.717, 1.165) is 19.3 Å². The van der Waals surface area contributed by atoms with Gasteiger partial charge >= 0.3 is 5.97 Å². The van der Waals surface area contributed by atoms with Gasteiger partial charge in [-0.15, -0.1) is 0 Å². The molecule has 0 saturated heterocycles. The monoisotopic (exact) mass is 414 g/mol. The van der Waals surface area contributed by atoms with Crippen LogP contribution < -0.4 is 0 Å². The number of hydrogen-bond donors (Lipinski definition) is 1. The first-order valence-electron chi connectivity index (χ1n) is 11.3. The summed E-state index contributed by atoms with van der Waals surface area (Å²) in [5.74, 6) is 0.312. The van der Waals surface area contributed by atoms with Crippen molar-refractivity contribution in [1.82, 2.24) is 9.55 Å². The molecule has 0 fully saturated rings. The first-order valence-corrected chi connectivity index (χ1v) is 11.3. The molecule has 31 heavy (non-hydrogen) atoms. The molecule has 0 spiro atoms. The molecule has 1 unspecified atom stereocenters. The molecular weight excluding hydrogens is 384 g/mol. The van der Waals surface area contributed by atoms with E-state index in [0.29, 0.717) is 5.92 Å². The Morgan fingerprint density at radius 3 is 2.71 bits per heavy atom. The molecular formula is C27H30N2O2. The Balaban J connectivity index is 1.59. The minimum atomic E-state index is -0.132. The van der Waals surface area contributed by atoms with Gasteiger partial charge in [0.15, 0.2) is 0 Å². The lowest BCUT2D eigenvalue weighted by Gasteiger charge is -2.31. The quantitative estimate of drug-likeness (QED) is 0.405. The molecule has 4 heteroatoms. The van der Waals surface area contributed by atoms with Gasteiger partial charge in [-0.05, 0) is 54.9 Å². The van der Waals surface area contributed by atoms with Crippen LogP contribution in [0.2, 0.25) is 0 Å². The van der Waals surface area contributed by atoms with Crippen molar-refractivity contribution < 1.29 is 9.53 Å². The van der Waals surface area contributed by atoms with Crippen LogP contribution in [0.4, 0.5) is 0 Å². The number of aromatic nitrogens is 2. The summed E-state index contributed by atoms with van der Waals surface area (Å²) in [5, 5.41) is 2.65. The van der Waals surface area contributed by atoms with Gasteiger partial charge in [-0.2, -0.15) is 0 Å². The predicted molar refractivity (Wildman–Crippen MR) is 125 cm³/mol. The van der Waals surface area contributed by atoms with E-state index < -0.39 is 0 Å². The summed E-state index contributed by atoms with van der Waals surface area (Å²) in [7, 11) is 1.47. The second-order valence-corrected chi connectivity index (χ2v) is 9.07. The highest BCUT2D eigenvalue weighted by atomic mass is 16.5. The van der Waals surface area contributed by atoms with Gasteiger partial charge in [0.2, 0.25) is 0 Å². The third kappa shape index (κ3) is 3.34. The number of hydrogen-bond acceptors (Lipinski definition) is 2. The normalized spacial score (nSPS) is 19.5. The molecule has 1 aliphatic carbocycles. The molecule has 4 aromatic rings. The number of aryl methyl sites for hydroxylation is 2. The highest BCUT2D eigenvalue weighted by Crippen LogP contribution is 2.42. The first kappa shape index (κ1) is 19.9. The summed E-state index contributed by atoms with van der Waals surface area (Å²) in [6.07, 6.45) is 6.29. The molecule has 160 valence electrons. The number of esters is 1. The Morgan fingerprint density at radius 1 is 1.16 bits per heavy atom. The molecule has 2 heterocycles. The smallest absolute Gasteiger partial charge is 0.308 e. The van der Waals surface area contributed by atoms with Gasteiger partial charge in [0.25, 0.3) is 0 Å². The maximum atomic E-state index is 11.9. The van der Waals surface area contributed by atoms with E-state index in [1.807, 2.05) is 6.92 Å². The molecule has 5 rings (SSSR count). The molecule has 0 aliphatic heterocycles. The lowest BCUT2D eigenvalue weighted by atomic mass is 9.83. The molecule has 3 atom stereocenters. The zero-order valence-corrected chi connectivity index (χ0v) is 18.5. The number of H-pyrrole nitrogens is 1. The molecule has 0 bridgehead atoms. The Labute approximate surface area is 183 Å². The Morgan fingerprint density at radius 2 is 1.90 bits per heavy atom. The Bertz CT molecular complexity index is 1250. The summed E-state index contributed by atoms with van der Waals surface area (Å²) >= 11 is 0. The third-order valence-electron chi connectivity index (χ3n) is 7.10. The van der Waals surface area contributed by atoms with Crippen molar-refractivity contribution in [3.05, 3.63) is 71.5 Å². The van der Waals surface area contributed by atoms with Gasteiger partial charge in [0, 0.05) is 33.7 Å². The van der Waals surface area contributed by atoms with Crippen molar-refractivity contribution >= 4 is 27.8 Å². The second kappa shape index (κ2) is 7.92. The minimum absolute atomic E-state index is 0.0963. The van der Waals surface area contributed by atoms with Crippen LogP contribution in [0.15, 0.2) is 54.7 Å². The van der Waals surface area contributed by atoms with Crippen LogP contribution in [0.1, 0.15) is 49.6 Å². The number of nitrogens with zero attached hydrogens (tertiary/aromatic N) is 1. The lowest BCUT2D eigenvalue weighted by molar-refractivity contribution is -0.145. The van der Waals surface area contributed by atoms with Crippen molar-refractivity contribution in [3.8, 4) is 0 Å². The predicted octanol–water partition coefficient (Wildman–Crippen LogP) is 6.04. The SMILES string of the molecule is COC(=O)C(C)CCc1cn([C@@H]2c3[nH]c4ccccc4c3CC[C@H]2C)c2ccccc12. The van der Waals surface area contributed by atoms with Gasteiger partial charge in [0.05, 0.1) is 19.1 Å². The van der Waals surface area contributed by atoms with Crippen molar-refractivity contribution in [3.63, 3.8) is 0 Å². The van der Waals surface area contributed by atoms with Crippen LogP contribution in [0.5, 0.6) is 0 Å². The van der Waals surface area contributed by atoms with Crippen molar-refractivity contribution in [1.29, 1.82) is 0 Å². The molecule has 1 aliphatic rings. The standard InChI is InChI=1S/C27H30N2O2/c1-17-13-15-22-21-9-4-6-10-23(21)28-25(22)26(17)29-16-19(14-12-18(2)27(30)31-3)20-8-5-7-11-24(20)29/h4-11,16-18,26,28H,12-15H2,1-3H3/t17-,18?,26+/m1/s1. The zero-order chi connectivity index (χ0) is 21.5. The molecule has 1 N–H and O–H groups in total. The highest BCUT2D eigenvalue weighted by molar-refractivity contribution is 5.87. The summed E-state index contributed by atoms with van der Waals surface area (Å²) in [5.41, 5.74) is 6.64. The topological polar surface area (TPSA) is 47.0 Å². The largest absolute Gasteiger partial charge is 0.469 e. The van der Waals surface area contributed by atoms with Crippen molar-refractivity contribution in [2.75, 3.05) is 7.11 Å². The van der Waals surface area contributed by atoms with Crippen LogP contribution in [0.25, 0.3) is 21.8 Å². The summed E-state index contributed by atoms with van der Waals surface area (Å²) < 4.78 is 7.40. The van der Waals surface area contributed by atoms with Crippen LogP contribution in [0.3, 0.4) is 0 Å². The van der Waals surface area contributed by atoms with E-state index in [4.69, 9.17) is 4.74 Å². The fourth-order valence-corrected chi connectivity index (χ4v) is 5.37.